The Kier molecular flexibility index (Phi) is 6.50. The summed E-state index contributed by atoms with van der Waals surface area (Å²) in [5.41, 5.74) is 0. The van der Waals surface area contributed by atoms with Crippen LogP contribution in [0, 0.1) is 5.92 Å². The van der Waals surface area contributed by atoms with E-state index in [9.17, 15) is 4.79 Å². The molecule has 0 unspecified atom stereocenters. The van der Waals surface area contributed by atoms with Gasteiger partial charge in [0, 0.05) is 13.6 Å². The number of hydrogen-bond acceptors (Lipinski definition) is 5. The molecule has 0 radical (unpaired) electrons. The number of nitrogens with zero attached hydrogens (tertiary/aromatic N) is 3. The number of carbonyl (C=O) groups is 1. The maximum absolute atomic E-state index is 11.7. The van der Waals surface area contributed by atoms with E-state index in [1.54, 1.807) is 4.68 Å². The second-order valence-corrected chi connectivity index (χ2v) is 6.42. The van der Waals surface area contributed by atoms with E-state index in [2.05, 4.69) is 22.3 Å². The highest BCUT2D eigenvalue weighted by molar-refractivity contribution is 7.99. The van der Waals surface area contributed by atoms with Crippen molar-refractivity contribution in [2.75, 3.05) is 18.9 Å². The summed E-state index contributed by atoms with van der Waals surface area (Å²) in [6.07, 6.45) is 6.83. The Morgan fingerprint density at radius 3 is 3.05 bits per heavy atom. The lowest BCUT2D eigenvalue weighted by molar-refractivity contribution is -0.119. The molecule has 0 aromatic carbocycles. The maximum Gasteiger partial charge on any atom is 0.230 e. The number of amides is 1. The molecule has 0 bridgehead atoms. The summed E-state index contributed by atoms with van der Waals surface area (Å²) in [6, 6.07) is 0. The van der Waals surface area contributed by atoms with Crippen molar-refractivity contribution in [3.8, 4) is 0 Å². The zero-order chi connectivity index (χ0) is 15.1. The first-order valence-corrected chi connectivity index (χ1v) is 8.50. The van der Waals surface area contributed by atoms with Crippen LogP contribution < -0.4 is 5.32 Å². The Morgan fingerprint density at radius 2 is 2.33 bits per heavy atom. The van der Waals surface area contributed by atoms with Crippen molar-refractivity contribution in [2.24, 2.45) is 13.0 Å². The van der Waals surface area contributed by atoms with Crippen molar-refractivity contribution in [3.05, 3.63) is 6.33 Å². The van der Waals surface area contributed by atoms with Gasteiger partial charge in [-0.3, -0.25) is 4.79 Å². The molecule has 1 aliphatic rings. The molecule has 2 atom stereocenters. The predicted octanol–water partition coefficient (Wildman–Crippen LogP) is 1.62. The first-order valence-electron chi connectivity index (χ1n) is 7.52. The zero-order valence-electron chi connectivity index (χ0n) is 12.7. The van der Waals surface area contributed by atoms with Crippen molar-refractivity contribution in [3.63, 3.8) is 0 Å². The molecule has 1 amide bonds. The Morgan fingerprint density at radius 1 is 1.52 bits per heavy atom. The van der Waals surface area contributed by atoms with Gasteiger partial charge < -0.3 is 10.1 Å². The van der Waals surface area contributed by atoms with Crippen LogP contribution >= 0.6 is 11.8 Å². The van der Waals surface area contributed by atoms with Gasteiger partial charge in [0.15, 0.2) is 5.16 Å². The van der Waals surface area contributed by atoms with Crippen LogP contribution in [0.25, 0.3) is 0 Å². The molecule has 1 aromatic heterocycles. The van der Waals surface area contributed by atoms with Crippen LogP contribution in [0.4, 0.5) is 0 Å². The highest BCUT2D eigenvalue weighted by atomic mass is 32.2. The standard InChI is InChI=1S/C14H24N4O2S/c1-11-5-3-4-6-12(11)20-8-7-15-13(19)9-21-14-16-10-17-18(14)2/h10-12H,3-9H2,1-2H3,(H,15,19)/t11-,12-/m0/s1. The molecule has 21 heavy (non-hydrogen) atoms. The molecule has 6 nitrogen and oxygen atoms in total. The molecule has 0 spiro atoms. The lowest BCUT2D eigenvalue weighted by Crippen LogP contribution is -2.32. The van der Waals surface area contributed by atoms with Crippen molar-refractivity contribution in [1.29, 1.82) is 0 Å². The molecular weight excluding hydrogens is 288 g/mol. The second-order valence-electron chi connectivity index (χ2n) is 5.48. The summed E-state index contributed by atoms with van der Waals surface area (Å²) in [5, 5.41) is 7.59. The molecular formula is C14H24N4O2S. The van der Waals surface area contributed by atoms with Crippen LogP contribution in [0.15, 0.2) is 11.5 Å². The van der Waals surface area contributed by atoms with Crippen LogP contribution in [-0.2, 0) is 16.6 Å². The van der Waals surface area contributed by atoms with Gasteiger partial charge in [-0.25, -0.2) is 9.67 Å². The quantitative estimate of drug-likeness (QED) is 0.612. The number of carbonyl (C=O) groups excluding carboxylic acids is 1. The molecule has 118 valence electrons. The van der Waals surface area contributed by atoms with Crippen LogP contribution in [0.3, 0.4) is 0 Å². The fourth-order valence-corrected chi connectivity index (χ4v) is 3.25. The summed E-state index contributed by atoms with van der Waals surface area (Å²) >= 11 is 1.38. The van der Waals surface area contributed by atoms with Gasteiger partial charge in [-0.05, 0) is 18.8 Å². The van der Waals surface area contributed by atoms with Crippen LogP contribution in [0.5, 0.6) is 0 Å². The average Bonchev–Trinajstić information content (AvgIpc) is 2.88. The number of aryl methyl sites for hydroxylation is 1. The molecule has 1 aliphatic carbocycles. The van der Waals surface area contributed by atoms with E-state index in [4.69, 9.17) is 4.74 Å². The first kappa shape index (κ1) is 16.3. The number of thioether (sulfide) groups is 1. The minimum Gasteiger partial charge on any atom is -0.376 e. The first-order chi connectivity index (χ1) is 10.2. The van der Waals surface area contributed by atoms with Crippen molar-refractivity contribution in [1.82, 2.24) is 20.1 Å². The van der Waals surface area contributed by atoms with Crippen LogP contribution in [0.2, 0.25) is 0 Å². The van der Waals surface area contributed by atoms with E-state index in [-0.39, 0.29) is 5.91 Å². The zero-order valence-corrected chi connectivity index (χ0v) is 13.6. The van der Waals surface area contributed by atoms with E-state index in [1.165, 1.54) is 37.4 Å². The Hall–Kier alpha value is -1.08. The largest absolute Gasteiger partial charge is 0.376 e. The third-order valence-electron chi connectivity index (χ3n) is 3.79. The number of ether oxygens (including phenoxy) is 1. The van der Waals surface area contributed by atoms with E-state index >= 15 is 0 Å². The summed E-state index contributed by atoms with van der Waals surface area (Å²) in [4.78, 5) is 15.8. The molecule has 1 heterocycles. The van der Waals surface area contributed by atoms with Gasteiger partial charge in [0.05, 0.1) is 18.5 Å². The fraction of sp³-hybridized carbons (Fsp3) is 0.786. The highest BCUT2D eigenvalue weighted by Gasteiger charge is 2.21. The Bertz CT molecular complexity index is 452. The van der Waals surface area contributed by atoms with Gasteiger partial charge in [-0.1, -0.05) is 31.5 Å². The summed E-state index contributed by atoms with van der Waals surface area (Å²) in [5.74, 6) is 0.996. The minimum absolute atomic E-state index is 0.00305. The molecule has 1 N–H and O–H groups in total. The van der Waals surface area contributed by atoms with Gasteiger partial charge in [0.2, 0.25) is 5.91 Å². The van der Waals surface area contributed by atoms with E-state index in [0.717, 1.165) is 11.6 Å². The van der Waals surface area contributed by atoms with Gasteiger partial charge in [0.25, 0.3) is 0 Å². The van der Waals surface area contributed by atoms with E-state index in [1.807, 2.05) is 7.05 Å². The smallest absolute Gasteiger partial charge is 0.230 e. The normalized spacial score (nSPS) is 22.2. The highest BCUT2D eigenvalue weighted by Crippen LogP contribution is 2.25. The summed E-state index contributed by atoms with van der Waals surface area (Å²) in [6.45, 7) is 3.41. The second kappa shape index (κ2) is 8.38. The third kappa shape index (κ3) is 5.32. The molecule has 0 saturated heterocycles. The van der Waals surface area contributed by atoms with E-state index < -0.39 is 0 Å². The molecule has 1 aromatic rings. The monoisotopic (exact) mass is 312 g/mol. The van der Waals surface area contributed by atoms with Gasteiger partial charge >= 0.3 is 0 Å². The van der Waals surface area contributed by atoms with Gasteiger partial charge in [-0.2, -0.15) is 5.10 Å². The van der Waals surface area contributed by atoms with Crippen molar-refractivity contribution < 1.29 is 9.53 Å². The summed E-state index contributed by atoms with van der Waals surface area (Å²) in [7, 11) is 1.81. The van der Waals surface area contributed by atoms with Crippen molar-refractivity contribution in [2.45, 2.75) is 43.9 Å². The third-order valence-corrected chi connectivity index (χ3v) is 4.83. The SMILES string of the molecule is C[C@H]1CCCC[C@@H]1OCCNC(=O)CSc1ncnn1C. The number of nitrogens with one attached hydrogen (secondary N) is 1. The number of aromatic nitrogens is 3. The molecule has 1 saturated carbocycles. The minimum atomic E-state index is 0.00305. The van der Waals surface area contributed by atoms with Crippen LogP contribution in [0.1, 0.15) is 32.6 Å². The van der Waals surface area contributed by atoms with Gasteiger partial charge in [0.1, 0.15) is 6.33 Å². The lowest BCUT2D eigenvalue weighted by Gasteiger charge is -2.28. The Balaban J connectivity index is 1.56. The topological polar surface area (TPSA) is 69.0 Å². The number of rotatable bonds is 7. The molecule has 7 heteroatoms. The van der Waals surface area contributed by atoms with Crippen LogP contribution in [-0.4, -0.2) is 45.7 Å². The fourth-order valence-electron chi connectivity index (χ4n) is 2.53. The predicted molar refractivity (Wildman–Crippen MR) is 82.1 cm³/mol. The maximum atomic E-state index is 11.7. The average molecular weight is 312 g/mol. The summed E-state index contributed by atoms with van der Waals surface area (Å²) < 4.78 is 7.53. The van der Waals surface area contributed by atoms with Crippen molar-refractivity contribution >= 4 is 17.7 Å². The molecule has 0 aliphatic heterocycles. The van der Waals surface area contributed by atoms with Gasteiger partial charge in [-0.15, -0.1) is 0 Å². The molecule has 1 fully saturated rings. The Labute approximate surface area is 130 Å². The lowest BCUT2D eigenvalue weighted by atomic mass is 9.88. The molecule has 2 rings (SSSR count). The van der Waals surface area contributed by atoms with E-state index in [0.29, 0.717) is 30.9 Å². The number of hydrogen-bond donors (Lipinski definition) is 1.